The van der Waals surface area contributed by atoms with E-state index in [0.29, 0.717) is 10.0 Å². The lowest BCUT2D eigenvalue weighted by Crippen LogP contribution is -1.85. The molecular weight excluding hydrogens is 208 g/mol. The molecule has 0 aliphatic rings. The van der Waals surface area contributed by atoms with Gasteiger partial charge in [0, 0.05) is 5.56 Å². The van der Waals surface area contributed by atoms with Crippen LogP contribution >= 0.6 is 15.9 Å². The van der Waals surface area contributed by atoms with Crippen molar-refractivity contribution in [1.82, 2.24) is 0 Å². The Labute approximate surface area is 73.0 Å². The second-order valence-corrected chi connectivity index (χ2v) is 3.13. The minimum absolute atomic E-state index is 0.160. The molecule has 0 saturated carbocycles. The van der Waals surface area contributed by atoms with Gasteiger partial charge in [-0.1, -0.05) is 0 Å². The SMILES string of the molecule is Cc1cc(O)c(Br)cc1C=O. The van der Waals surface area contributed by atoms with Gasteiger partial charge < -0.3 is 5.11 Å². The quantitative estimate of drug-likeness (QED) is 0.729. The first-order valence-corrected chi connectivity index (χ1v) is 3.88. The summed E-state index contributed by atoms with van der Waals surface area (Å²) in [5.41, 5.74) is 1.37. The fourth-order valence-corrected chi connectivity index (χ4v) is 1.17. The van der Waals surface area contributed by atoms with Crippen LogP contribution in [0, 0.1) is 6.92 Å². The van der Waals surface area contributed by atoms with E-state index in [1.807, 2.05) is 0 Å². The molecule has 0 aromatic heterocycles. The van der Waals surface area contributed by atoms with Crippen molar-refractivity contribution < 1.29 is 9.90 Å². The van der Waals surface area contributed by atoms with Gasteiger partial charge in [-0.3, -0.25) is 4.79 Å². The lowest BCUT2D eigenvalue weighted by molar-refractivity contribution is 0.112. The van der Waals surface area contributed by atoms with E-state index in [-0.39, 0.29) is 5.75 Å². The average Bonchev–Trinajstić information content (AvgIpc) is 1.97. The molecule has 1 aromatic carbocycles. The summed E-state index contributed by atoms with van der Waals surface area (Å²) in [6, 6.07) is 3.14. The van der Waals surface area contributed by atoms with Gasteiger partial charge in [0.2, 0.25) is 0 Å². The molecule has 0 aliphatic heterocycles. The Kier molecular flexibility index (Phi) is 2.29. The van der Waals surface area contributed by atoms with Crippen LogP contribution in [0.3, 0.4) is 0 Å². The first-order valence-electron chi connectivity index (χ1n) is 3.09. The number of phenolic OH excluding ortho intramolecular Hbond substituents is 1. The van der Waals surface area contributed by atoms with Gasteiger partial charge >= 0.3 is 0 Å². The molecule has 0 fully saturated rings. The smallest absolute Gasteiger partial charge is 0.150 e. The number of aldehydes is 1. The van der Waals surface area contributed by atoms with Gasteiger partial charge in [0.1, 0.15) is 12.0 Å². The van der Waals surface area contributed by atoms with Crippen molar-refractivity contribution in [2.75, 3.05) is 0 Å². The third kappa shape index (κ3) is 1.60. The Morgan fingerprint density at radius 3 is 2.73 bits per heavy atom. The van der Waals surface area contributed by atoms with Gasteiger partial charge in [0.15, 0.2) is 0 Å². The van der Waals surface area contributed by atoms with Crippen LogP contribution in [0.25, 0.3) is 0 Å². The van der Waals surface area contributed by atoms with Gasteiger partial charge in [0.25, 0.3) is 0 Å². The molecule has 1 N–H and O–H groups in total. The van der Waals surface area contributed by atoms with Crippen LogP contribution in [0.15, 0.2) is 16.6 Å². The summed E-state index contributed by atoms with van der Waals surface area (Å²) >= 11 is 3.11. The monoisotopic (exact) mass is 214 g/mol. The van der Waals surface area contributed by atoms with Crippen LogP contribution in [-0.2, 0) is 0 Å². The Morgan fingerprint density at radius 1 is 1.55 bits per heavy atom. The van der Waals surface area contributed by atoms with Crippen LogP contribution in [0.5, 0.6) is 5.75 Å². The first-order chi connectivity index (χ1) is 5.15. The number of aromatic hydroxyl groups is 1. The second-order valence-electron chi connectivity index (χ2n) is 2.28. The Hall–Kier alpha value is -0.830. The normalized spacial score (nSPS) is 9.64. The molecule has 0 aliphatic carbocycles. The third-order valence-electron chi connectivity index (χ3n) is 1.46. The molecule has 0 spiro atoms. The topological polar surface area (TPSA) is 37.3 Å². The Bertz CT molecular complexity index is 294. The summed E-state index contributed by atoms with van der Waals surface area (Å²) in [6.07, 6.45) is 0.763. The molecule has 0 atom stereocenters. The summed E-state index contributed by atoms with van der Waals surface area (Å²) in [6.45, 7) is 1.77. The number of aryl methyl sites for hydroxylation is 1. The van der Waals surface area contributed by atoms with E-state index < -0.39 is 0 Å². The minimum Gasteiger partial charge on any atom is -0.507 e. The second kappa shape index (κ2) is 3.05. The molecule has 3 heteroatoms. The number of phenols is 1. The summed E-state index contributed by atoms with van der Waals surface area (Å²) in [7, 11) is 0. The van der Waals surface area contributed by atoms with E-state index in [2.05, 4.69) is 15.9 Å². The number of hydrogen-bond donors (Lipinski definition) is 1. The van der Waals surface area contributed by atoms with Crippen molar-refractivity contribution >= 4 is 22.2 Å². The van der Waals surface area contributed by atoms with Crippen molar-refractivity contribution in [2.45, 2.75) is 6.92 Å². The fraction of sp³-hybridized carbons (Fsp3) is 0.125. The van der Waals surface area contributed by atoms with E-state index in [4.69, 9.17) is 5.11 Å². The number of carbonyl (C=O) groups excluding carboxylic acids is 1. The van der Waals surface area contributed by atoms with E-state index in [1.165, 1.54) is 0 Å². The summed E-state index contributed by atoms with van der Waals surface area (Å²) in [4.78, 5) is 10.4. The standard InChI is InChI=1S/C8H7BrO2/c1-5-2-8(11)7(9)3-6(5)4-10/h2-4,11H,1H3. The fourth-order valence-electron chi connectivity index (χ4n) is 0.809. The molecule has 58 valence electrons. The number of hydrogen-bond acceptors (Lipinski definition) is 2. The van der Waals surface area contributed by atoms with Crippen molar-refractivity contribution in [3.8, 4) is 5.75 Å². The van der Waals surface area contributed by atoms with Crippen LogP contribution < -0.4 is 0 Å². The van der Waals surface area contributed by atoms with Crippen LogP contribution in [0.2, 0.25) is 0 Å². The highest BCUT2D eigenvalue weighted by atomic mass is 79.9. The minimum atomic E-state index is 0.160. The maximum atomic E-state index is 10.4. The molecule has 0 amide bonds. The van der Waals surface area contributed by atoms with E-state index in [9.17, 15) is 4.79 Å². The van der Waals surface area contributed by atoms with Crippen molar-refractivity contribution in [3.63, 3.8) is 0 Å². The molecule has 11 heavy (non-hydrogen) atoms. The zero-order valence-corrected chi connectivity index (χ0v) is 7.55. The molecule has 0 radical (unpaired) electrons. The van der Waals surface area contributed by atoms with Crippen molar-refractivity contribution in [1.29, 1.82) is 0 Å². The lowest BCUT2D eigenvalue weighted by atomic mass is 10.1. The lowest BCUT2D eigenvalue weighted by Gasteiger charge is -2.00. The van der Waals surface area contributed by atoms with Gasteiger partial charge in [-0.15, -0.1) is 0 Å². The Balaban J connectivity index is 3.31. The predicted octanol–water partition coefficient (Wildman–Crippen LogP) is 2.28. The summed E-state index contributed by atoms with van der Waals surface area (Å²) < 4.78 is 0.546. The first kappa shape index (κ1) is 8.27. The molecule has 2 nitrogen and oxygen atoms in total. The molecule has 0 bridgehead atoms. The molecule has 0 unspecified atom stereocenters. The molecule has 1 rings (SSSR count). The predicted molar refractivity (Wildman–Crippen MR) is 45.9 cm³/mol. The number of carbonyl (C=O) groups is 1. The molecular formula is C8H7BrO2. The number of benzene rings is 1. The van der Waals surface area contributed by atoms with E-state index >= 15 is 0 Å². The number of halogens is 1. The zero-order chi connectivity index (χ0) is 8.43. The molecule has 1 aromatic rings. The largest absolute Gasteiger partial charge is 0.507 e. The average molecular weight is 215 g/mol. The molecule has 0 saturated heterocycles. The van der Waals surface area contributed by atoms with Gasteiger partial charge in [-0.05, 0) is 40.5 Å². The van der Waals surface area contributed by atoms with E-state index in [1.54, 1.807) is 19.1 Å². The summed E-state index contributed by atoms with van der Waals surface area (Å²) in [5, 5.41) is 9.16. The van der Waals surface area contributed by atoms with Gasteiger partial charge in [0.05, 0.1) is 4.47 Å². The van der Waals surface area contributed by atoms with E-state index in [0.717, 1.165) is 11.8 Å². The Morgan fingerprint density at radius 2 is 2.18 bits per heavy atom. The van der Waals surface area contributed by atoms with Gasteiger partial charge in [-0.25, -0.2) is 0 Å². The van der Waals surface area contributed by atoms with Crippen LogP contribution in [0.1, 0.15) is 15.9 Å². The maximum Gasteiger partial charge on any atom is 0.150 e. The maximum absolute atomic E-state index is 10.4. The highest BCUT2D eigenvalue weighted by molar-refractivity contribution is 9.10. The highest BCUT2D eigenvalue weighted by Crippen LogP contribution is 2.26. The van der Waals surface area contributed by atoms with Crippen molar-refractivity contribution in [2.24, 2.45) is 0 Å². The van der Waals surface area contributed by atoms with Gasteiger partial charge in [-0.2, -0.15) is 0 Å². The number of rotatable bonds is 1. The van der Waals surface area contributed by atoms with Crippen LogP contribution in [-0.4, -0.2) is 11.4 Å². The third-order valence-corrected chi connectivity index (χ3v) is 2.10. The zero-order valence-electron chi connectivity index (χ0n) is 5.97. The summed E-state index contributed by atoms with van der Waals surface area (Å²) in [5.74, 6) is 0.160. The van der Waals surface area contributed by atoms with Crippen LogP contribution in [0.4, 0.5) is 0 Å². The highest BCUT2D eigenvalue weighted by Gasteiger charge is 2.02. The molecule has 0 heterocycles. The van der Waals surface area contributed by atoms with Crippen molar-refractivity contribution in [3.05, 3.63) is 27.7 Å².